The van der Waals surface area contributed by atoms with Gasteiger partial charge in [0.05, 0.1) is 0 Å². The van der Waals surface area contributed by atoms with E-state index in [2.05, 4.69) is 35.3 Å². The van der Waals surface area contributed by atoms with Crippen molar-refractivity contribution in [3.63, 3.8) is 0 Å². The second-order valence-electron chi connectivity index (χ2n) is 5.76. The van der Waals surface area contributed by atoms with Crippen LogP contribution in [0.15, 0.2) is 24.3 Å². The van der Waals surface area contributed by atoms with Crippen molar-refractivity contribution < 1.29 is 4.79 Å². The third kappa shape index (κ3) is 3.57. The first-order chi connectivity index (χ1) is 9.75. The number of benzene rings is 1. The van der Waals surface area contributed by atoms with Crippen LogP contribution < -0.4 is 10.2 Å². The molecule has 5 heteroatoms. The van der Waals surface area contributed by atoms with E-state index in [0.29, 0.717) is 12.5 Å². The largest absolute Gasteiger partial charge is 0.314 e. The number of halogens is 1. The van der Waals surface area contributed by atoms with Gasteiger partial charge in [0.25, 0.3) is 0 Å². The van der Waals surface area contributed by atoms with Gasteiger partial charge in [-0.05, 0) is 25.0 Å². The van der Waals surface area contributed by atoms with Crippen LogP contribution in [0.2, 0.25) is 0 Å². The molecule has 1 saturated heterocycles. The molecule has 21 heavy (non-hydrogen) atoms. The standard InChI is InChI=1S/C16H23N3O.ClH/c1-13-12-17-8-11-18(13)9-7-16(20)19-10-6-14-4-2-3-5-15(14)19;/h2-5,13,17H,6-12H2,1H3;1H/t13-;/m1./s1. The average molecular weight is 310 g/mol. The fraction of sp³-hybridized carbons (Fsp3) is 0.562. The SMILES string of the molecule is C[C@@H]1CNCCN1CCC(=O)N1CCc2ccccc21.Cl. The van der Waals surface area contributed by atoms with Gasteiger partial charge < -0.3 is 10.2 Å². The first kappa shape index (κ1) is 16.3. The third-order valence-electron chi connectivity index (χ3n) is 4.44. The maximum atomic E-state index is 12.4. The number of nitrogens with one attached hydrogen (secondary N) is 1. The predicted molar refractivity (Wildman–Crippen MR) is 88.3 cm³/mol. The van der Waals surface area contributed by atoms with Crippen molar-refractivity contribution in [2.75, 3.05) is 37.6 Å². The van der Waals surface area contributed by atoms with Gasteiger partial charge >= 0.3 is 0 Å². The second kappa shape index (κ2) is 7.25. The van der Waals surface area contributed by atoms with Gasteiger partial charge in [0.15, 0.2) is 0 Å². The van der Waals surface area contributed by atoms with Crippen LogP contribution in [-0.2, 0) is 11.2 Å². The number of rotatable bonds is 3. The molecule has 2 aliphatic rings. The maximum Gasteiger partial charge on any atom is 0.228 e. The summed E-state index contributed by atoms with van der Waals surface area (Å²) in [7, 11) is 0. The predicted octanol–water partition coefficient (Wildman–Crippen LogP) is 1.68. The minimum atomic E-state index is 0. The topological polar surface area (TPSA) is 35.6 Å². The Morgan fingerprint density at radius 3 is 2.95 bits per heavy atom. The molecule has 0 radical (unpaired) electrons. The van der Waals surface area contributed by atoms with Crippen molar-refractivity contribution in [3.05, 3.63) is 29.8 Å². The molecule has 1 atom stereocenters. The molecular formula is C16H24ClN3O. The van der Waals surface area contributed by atoms with E-state index in [1.165, 1.54) is 5.56 Å². The van der Waals surface area contributed by atoms with Gasteiger partial charge in [0.1, 0.15) is 0 Å². The Morgan fingerprint density at radius 2 is 2.14 bits per heavy atom. The van der Waals surface area contributed by atoms with E-state index in [1.54, 1.807) is 0 Å². The number of nitrogens with zero attached hydrogens (tertiary/aromatic N) is 2. The van der Waals surface area contributed by atoms with Gasteiger partial charge in [0, 0.05) is 50.9 Å². The molecule has 1 N–H and O–H groups in total. The third-order valence-corrected chi connectivity index (χ3v) is 4.44. The van der Waals surface area contributed by atoms with E-state index in [1.807, 2.05) is 11.0 Å². The number of hydrogen-bond donors (Lipinski definition) is 1. The number of fused-ring (bicyclic) bond motifs is 1. The van der Waals surface area contributed by atoms with Crippen molar-refractivity contribution in [1.29, 1.82) is 0 Å². The van der Waals surface area contributed by atoms with Crippen molar-refractivity contribution in [2.24, 2.45) is 0 Å². The number of carbonyl (C=O) groups excluding carboxylic acids is 1. The minimum Gasteiger partial charge on any atom is -0.314 e. The normalized spacial score (nSPS) is 21.8. The summed E-state index contributed by atoms with van der Waals surface area (Å²) in [6, 6.07) is 8.79. The molecule has 0 saturated carbocycles. The highest BCUT2D eigenvalue weighted by molar-refractivity contribution is 5.95. The number of piperazine rings is 1. The molecule has 1 aromatic carbocycles. The lowest BCUT2D eigenvalue weighted by molar-refractivity contribution is -0.119. The maximum absolute atomic E-state index is 12.4. The van der Waals surface area contributed by atoms with Crippen molar-refractivity contribution in [1.82, 2.24) is 10.2 Å². The summed E-state index contributed by atoms with van der Waals surface area (Å²) in [4.78, 5) is 16.8. The zero-order chi connectivity index (χ0) is 13.9. The van der Waals surface area contributed by atoms with Gasteiger partial charge in [-0.25, -0.2) is 0 Å². The summed E-state index contributed by atoms with van der Waals surface area (Å²) in [6.45, 7) is 7.05. The lowest BCUT2D eigenvalue weighted by Crippen LogP contribution is -2.50. The van der Waals surface area contributed by atoms with Crippen LogP contribution in [0.25, 0.3) is 0 Å². The van der Waals surface area contributed by atoms with Crippen molar-refractivity contribution in [2.45, 2.75) is 25.8 Å². The Hall–Kier alpha value is -1.10. The first-order valence-corrected chi connectivity index (χ1v) is 7.59. The van der Waals surface area contributed by atoms with Crippen molar-refractivity contribution >= 4 is 24.0 Å². The van der Waals surface area contributed by atoms with E-state index in [0.717, 1.165) is 44.8 Å². The minimum absolute atomic E-state index is 0. The fourth-order valence-electron chi connectivity index (χ4n) is 3.19. The zero-order valence-corrected chi connectivity index (χ0v) is 13.4. The highest BCUT2D eigenvalue weighted by Crippen LogP contribution is 2.27. The van der Waals surface area contributed by atoms with E-state index < -0.39 is 0 Å². The van der Waals surface area contributed by atoms with Gasteiger partial charge in [-0.15, -0.1) is 12.4 Å². The Labute approximate surface area is 132 Å². The zero-order valence-electron chi connectivity index (χ0n) is 12.5. The quantitative estimate of drug-likeness (QED) is 0.923. The Morgan fingerprint density at radius 1 is 1.33 bits per heavy atom. The number of hydrogen-bond acceptors (Lipinski definition) is 3. The molecule has 1 aromatic rings. The van der Waals surface area contributed by atoms with E-state index >= 15 is 0 Å². The summed E-state index contributed by atoms with van der Waals surface area (Å²) in [5, 5.41) is 3.38. The van der Waals surface area contributed by atoms with Crippen LogP contribution in [-0.4, -0.2) is 49.6 Å². The molecule has 4 nitrogen and oxygen atoms in total. The lowest BCUT2D eigenvalue weighted by Gasteiger charge is -2.34. The van der Waals surface area contributed by atoms with Crippen molar-refractivity contribution in [3.8, 4) is 0 Å². The Balaban J connectivity index is 0.00000161. The fourth-order valence-corrected chi connectivity index (χ4v) is 3.19. The number of para-hydroxylation sites is 1. The Kier molecular flexibility index (Phi) is 5.62. The van der Waals surface area contributed by atoms with Gasteiger partial charge in [-0.2, -0.15) is 0 Å². The van der Waals surface area contributed by atoms with Gasteiger partial charge in [-0.3, -0.25) is 9.69 Å². The van der Waals surface area contributed by atoms with E-state index in [-0.39, 0.29) is 18.3 Å². The molecule has 0 unspecified atom stereocenters. The highest BCUT2D eigenvalue weighted by Gasteiger charge is 2.25. The van der Waals surface area contributed by atoms with Gasteiger partial charge in [-0.1, -0.05) is 18.2 Å². The monoisotopic (exact) mass is 309 g/mol. The number of carbonyl (C=O) groups is 1. The highest BCUT2D eigenvalue weighted by atomic mass is 35.5. The number of amides is 1. The lowest BCUT2D eigenvalue weighted by atomic mass is 10.2. The van der Waals surface area contributed by atoms with Crippen LogP contribution in [0.5, 0.6) is 0 Å². The first-order valence-electron chi connectivity index (χ1n) is 7.59. The molecule has 0 spiro atoms. The summed E-state index contributed by atoms with van der Waals surface area (Å²) in [6.07, 6.45) is 1.62. The molecule has 0 bridgehead atoms. The molecule has 0 aliphatic carbocycles. The average Bonchev–Trinajstić information content (AvgIpc) is 2.90. The van der Waals surface area contributed by atoms with Gasteiger partial charge in [0.2, 0.25) is 5.91 Å². The summed E-state index contributed by atoms with van der Waals surface area (Å²) in [5.74, 6) is 0.265. The molecule has 2 heterocycles. The smallest absolute Gasteiger partial charge is 0.228 e. The molecule has 0 aromatic heterocycles. The van der Waals surface area contributed by atoms with Crippen LogP contribution in [0.4, 0.5) is 5.69 Å². The van der Waals surface area contributed by atoms with Crippen LogP contribution >= 0.6 is 12.4 Å². The van der Waals surface area contributed by atoms with E-state index in [9.17, 15) is 4.79 Å². The Bertz CT molecular complexity index is 494. The molecule has 2 aliphatic heterocycles. The van der Waals surface area contributed by atoms with E-state index in [4.69, 9.17) is 0 Å². The second-order valence-corrected chi connectivity index (χ2v) is 5.76. The molecular weight excluding hydrogens is 286 g/mol. The molecule has 1 fully saturated rings. The summed E-state index contributed by atoms with van der Waals surface area (Å²) >= 11 is 0. The van der Waals surface area contributed by atoms with Crippen LogP contribution in [0, 0.1) is 0 Å². The summed E-state index contributed by atoms with van der Waals surface area (Å²) in [5.41, 5.74) is 2.42. The van der Waals surface area contributed by atoms with Crippen LogP contribution in [0.3, 0.4) is 0 Å². The molecule has 116 valence electrons. The number of anilines is 1. The summed E-state index contributed by atoms with van der Waals surface area (Å²) < 4.78 is 0. The molecule has 3 rings (SSSR count). The van der Waals surface area contributed by atoms with Crippen LogP contribution in [0.1, 0.15) is 18.9 Å². The molecule has 1 amide bonds.